The van der Waals surface area contributed by atoms with Crippen molar-refractivity contribution in [1.82, 2.24) is 0 Å². The van der Waals surface area contributed by atoms with Gasteiger partial charge < -0.3 is 9.84 Å². The van der Waals surface area contributed by atoms with Crippen molar-refractivity contribution in [3.8, 4) is 5.75 Å². The molecule has 1 N–H and O–H groups in total. The van der Waals surface area contributed by atoms with E-state index >= 15 is 0 Å². The Balaban J connectivity index is 2.71. The molecule has 0 aromatic heterocycles. The van der Waals surface area contributed by atoms with E-state index in [1.165, 1.54) is 7.11 Å². The van der Waals surface area contributed by atoms with Crippen LogP contribution in [0, 0.1) is 0 Å². The van der Waals surface area contributed by atoms with E-state index in [2.05, 4.69) is 0 Å². The number of para-hydroxylation sites is 1. The predicted octanol–water partition coefficient (Wildman–Crippen LogP) is 2.00. The van der Waals surface area contributed by atoms with Crippen LogP contribution in [0.4, 0.5) is 0 Å². The fourth-order valence-corrected chi connectivity index (χ4v) is 1.63. The summed E-state index contributed by atoms with van der Waals surface area (Å²) in [5, 5.41) is 9.78. The van der Waals surface area contributed by atoms with E-state index in [0.717, 1.165) is 0 Å². The van der Waals surface area contributed by atoms with Crippen molar-refractivity contribution < 1.29 is 19.4 Å². The lowest BCUT2D eigenvalue weighted by Crippen LogP contribution is -2.22. The number of rotatable bonds is 7. The molecule has 4 heteroatoms. The van der Waals surface area contributed by atoms with Crippen LogP contribution in [-0.4, -0.2) is 29.9 Å². The number of aliphatic hydroxyl groups excluding tert-OH is 1. The van der Waals surface area contributed by atoms with E-state index in [1.54, 1.807) is 31.2 Å². The van der Waals surface area contributed by atoms with Crippen LogP contribution in [0.3, 0.4) is 0 Å². The third kappa shape index (κ3) is 3.67. The highest BCUT2D eigenvalue weighted by Gasteiger charge is 2.20. The highest BCUT2D eigenvalue weighted by molar-refractivity contribution is 6.01. The number of carbonyl (C=O) groups is 2. The lowest BCUT2D eigenvalue weighted by atomic mass is 10.0. The number of Topliss-reactive ketones (excluding diaryl/α,β-unsaturated/α-hetero) is 2. The molecule has 0 aliphatic carbocycles. The fraction of sp³-hybridized carbons (Fsp3) is 0.429. The predicted molar refractivity (Wildman–Crippen MR) is 67.9 cm³/mol. The summed E-state index contributed by atoms with van der Waals surface area (Å²) in [6.07, 6.45) is -0.352. The van der Waals surface area contributed by atoms with Crippen molar-refractivity contribution >= 4 is 11.6 Å². The van der Waals surface area contributed by atoms with Crippen LogP contribution >= 0.6 is 0 Å². The highest BCUT2D eigenvalue weighted by Crippen LogP contribution is 2.20. The molecule has 1 rings (SSSR count). The molecule has 1 atom stereocenters. The summed E-state index contributed by atoms with van der Waals surface area (Å²) in [6.45, 7) is 1.76. The Labute approximate surface area is 107 Å². The van der Waals surface area contributed by atoms with Crippen molar-refractivity contribution in [1.29, 1.82) is 0 Å². The van der Waals surface area contributed by atoms with Gasteiger partial charge in [0.2, 0.25) is 0 Å². The van der Waals surface area contributed by atoms with Gasteiger partial charge in [0.05, 0.1) is 12.7 Å². The van der Waals surface area contributed by atoms with Gasteiger partial charge in [0.15, 0.2) is 5.78 Å². The molecular weight excluding hydrogens is 232 g/mol. The molecule has 0 aliphatic heterocycles. The SMILES string of the molecule is CCC(=O)CC[C@@H](O)C(=O)c1ccccc1OC. The van der Waals surface area contributed by atoms with Crippen molar-refractivity contribution in [3.05, 3.63) is 29.8 Å². The average Bonchev–Trinajstić information content (AvgIpc) is 2.43. The van der Waals surface area contributed by atoms with Gasteiger partial charge in [-0.15, -0.1) is 0 Å². The van der Waals surface area contributed by atoms with Gasteiger partial charge in [0.25, 0.3) is 0 Å². The summed E-state index contributed by atoms with van der Waals surface area (Å²) in [6, 6.07) is 6.73. The molecule has 0 spiro atoms. The van der Waals surface area contributed by atoms with Gasteiger partial charge in [-0.2, -0.15) is 0 Å². The lowest BCUT2D eigenvalue weighted by Gasteiger charge is -2.11. The van der Waals surface area contributed by atoms with E-state index in [0.29, 0.717) is 17.7 Å². The fourth-order valence-electron chi connectivity index (χ4n) is 1.63. The van der Waals surface area contributed by atoms with Gasteiger partial charge in [-0.3, -0.25) is 9.59 Å². The third-order valence-corrected chi connectivity index (χ3v) is 2.77. The average molecular weight is 250 g/mol. The van der Waals surface area contributed by atoms with Gasteiger partial charge in [0.1, 0.15) is 17.6 Å². The smallest absolute Gasteiger partial charge is 0.194 e. The van der Waals surface area contributed by atoms with Gasteiger partial charge in [-0.1, -0.05) is 19.1 Å². The second-order valence-electron chi connectivity index (χ2n) is 4.01. The Bertz CT molecular complexity index is 426. The summed E-state index contributed by atoms with van der Waals surface area (Å²) in [5.74, 6) is 0.0709. The first-order chi connectivity index (χ1) is 8.60. The molecule has 0 bridgehead atoms. The third-order valence-electron chi connectivity index (χ3n) is 2.77. The van der Waals surface area contributed by atoms with E-state index in [4.69, 9.17) is 4.74 Å². The number of methoxy groups -OCH3 is 1. The van der Waals surface area contributed by atoms with Crippen LogP contribution in [0.5, 0.6) is 5.75 Å². The molecule has 0 saturated heterocycles. The zero-order valence-electron chi connectivity index (χ0n) is 10.7. The molecule has 0 radical (unpaired) electrons. The zero-order chi connectivity index (χ0) is 13.5. The van der Waals surface area contributed by atoms with Crippen molar-refractivity contribution in [2.24, 2.45) is 0 Å². The quantitative estimate of drug-likeness (QED) is 0.752. The van der Waals surface area contributed by atoms with Crippen LogP contribution < -0.4 is 4.74 Å². The molecule has 0 amide bonds. The Morgan fingerprint density at radius 3 is 2.61 bits per heavy atom. The molecule has 1 aromatic carbocycles. The number of aliphatic hydroxyl groups is 1. The first-order valence-corrected chi connectivity index (χ1v) is 5.97. The first-order valence-electron chi connectivity index (χ1n) is 5.97. The molecule has 0 aliphatic rings. The van der Waals surface area contributed by atoms with Crippen LogP contribution in [0.25, 0.3) is 0 Å². The number of benzene rings is 1. The summed E-state index contributed by atoms with van der Waals surface area (Å²) in [7, 11) is 1.47. The molecule has 0 heterocycles. The maximum absolute atomic E-state index is 12.0. The van der Waals surface area contributed by atoms with Crippen LogP contribution in [0.2, 0.25) is 0 Å². The maximum Gasteiger partial charge on any atom is 0.194 e. The van der Waals surface area contributed by atoms with Crippen molar-refractivity contribution in [3.63, 3.8) is 0 Å². The largest absolute Gasteiger partial charge is 0.496 e. The number of hydrogen-bond acceptors (Lipinski definition) is 4. The van der Waals surface area contributed by atoms with Gasteiger partial charge in [0, 0.05) is 12.8 Å². The summed E-state index contributed by atoms with van der Waals surface area (Å²) < 4.78 is 5.06. The van der Waals surface area contributed by atoms with E-state index in [9.17, 15) is 14.7 Å². The second-order valence-corrected chi connectivity index (χ2v) is 4.01. The highest BCUT2D eigenvalue weighted by atomic mass is 16.5. The summed E-state index contributed by atoms with van der Waals surface area (Å²) in [5.41, 5.74) is 0.344. The number of hydrogen-bond donors (Lipinski definition) is 1. The van der Waals surface area contributed by atoms with Crippen molar-refractivity contribution in [2.75, 3.05) is 7.11 Å². The van der Waals surface area contributed by atoms with Gasteiger partial charge >= 0.3 is 0 Å². The van der Waals surface area contributed by atoms with Crippen molar-refractivity contribution in [2.45, 2.75) is 32.3 Å². The first kappa shape index (κ1) is 14.4. The number of ketones is 2. The molecule has 0 fully saturated rings. The Morgan fingerprint density at radius 1 is 1.33 bits per heavy atom. The Morgan fingerprint density at radius 2 is 2.00 bits per heavy atom. The molecule has 0 unspecified atom stereocenters. The Kier molecular flexibility index (Phi) is 5.52. The molecular formula is C14H18O4. The Hall–Kier alpha value is -1.68. The van der Waals surface area contributed by atoms with Crippen LogP contribution in [-0.2, 0) is 4.79 Å². The standard InChI is InChI=1S/C14H18O4/c1-3-10(15)8-9-12(16)14(17)11-6-4-5-7-13(11)18-2/h4-7,12,16H,3,8-9H2,1-2H3/t12-/m1/s1. The summed E-state index contributed by atoms with van der Waals surface area (Å²) >= 11 is 0. The monoisotopic (exact) mass is 250 g/mol. The normalized spacial score (nSPS) is 11.9. The summed E-state index contributed by atoms with van der Waals surface area (Å²) in [4.78, 5) is 23.1. The van der Waals surface area contributed by atoms with Crippen LogP contribution in [0.15, 0.2) is 24.3 Å². The lowest BCUT2D eigenvalue weighted by molar-refractivity contribution is -0.119. The van der Waals surface area contributed by atoms with E-state index in [1.807, 2.05) is 0 Å². The minimum absolute atomic E-state index is 0.0434. The zero-order valence-corrected chi connectivity index (χ0v) is 10.7. The number of ether oxygens (including phenoxy) is 1. The second kappa shape index (κ2) is 6.91. The van der Waals surface area contributed by atoms with Gasteiger partial charge in [-0.05, 0) is 18.6 Å². The minimum Gasteiger partial charge on any atom is -0.496 e. The minimum atomic E-state index is -1.16. The van der Waals surface area contributed by atoms with Gasteiger partial charge in [-0.25, -0.2) is 0 Å². The molecule has 1 aromatic rings. The molecule has 0 saturated carbocycles. The maximum atomic E-state index is 12.0. The van der Waals surface area contributed by atoms with E-state index < -0.39 is 11.9 Å². The topological polar surface area (TPSA) is 63.6 Å². The molecule has 18 heavy (non-hydrogen) atoms. The molecule has 98 valence electrons. The van der Waals surface area contributed by atoms with Crippen LogP contribution in [0.1, 0.15) is 36.5 Å². The number of carbonyl (C=O) groups excluding carboxylic acids is 2. The van der Waals surface area contributed by atoms with E-state index in [-0.39, 0.29) is 18.6 Å². The molecule has 4 nitrogen and oxygen atoms in total.